The van der Waals surface area contributed by atoms with Crippen molar-refractivity contribution >= 4 is 17.5 Å². The van der Waals surface area contributed by atoms with Gasteiger partial charge in [0.25, 0.3) is 0 Å². The van der Waals surface area contributed by atoms with Gasteiger partial charge in [-0.25, -0.2) is 9.48 Å². The number of rotatable bonds is 9. The average molecular weight is 373 g/mol. The van der Waals surface area contributed by atoms with E-state index < -0.39 is 11.9 Å². The van der Waals surface area contributed by atoms with Crippen LogP contribution in [-0.4, -0.2) is 48.6 Å². The number of hydrogen-bond donors (Lipinski definition) is 1. The first kappa shape index (κ1) is 20.0. The van der Waals surface area contributed by atoms with Crippen molar-refractivity contribution < 1.29 is 23.8 Å². The molecule has 0 aliphatic rings. The topological polar surface area (TPSA) is 91.7 Å². The first-order valence-corrected chi connectivity index (χ1v) is 8.56. The molecular formula is C19H23N3O5. The number of hydrogen-bond acceptors (Lipinski definition) is 7. The SMILES string of the molecule is CCOC(=O)/C(=C/NCC(=O)OC)c1cc(OCC)n(-c2ccccc2)n1. The van der Waals surface area contributed by atoms with Crippen LogP contribution in [0.3, 0.4) is 0 Å². The van der Waals surface area contributed by atoms with Crippen LogP contribution in [0.2, 0.25) is 0 Å². The molecule has 0 bridgehead atoms. The number of carbonyl (C=O) groups excluding carboxylic acids is 2. The molecule has 27 heavy (non-hydrogen) atoms. The summed E-state index contributed by atoms with van der Waals surface area (Å²) < 4.78 is 16.9. The van der Waals surface area contributed by atoms with Gasteiger partial charge in [-0.3, -0.25) is 4.79 Å². The third kappa shape index (κ3) is 5.34. The Labute approximate surface area is 157 Å². The molecule has 1 aromatic heterocycles. The van der Waals surface area contributed by atoms with Crippen LogP contribution in [0.25, 0.3) is 11.3 Å². The summed E-state index contributed by atoms with van der Waals surface area (Å²) in [4.78, 5) is 23.7. The molecule has 2 aromatic rings. The molecule has 0 aliphatic carbocycles. The van der Waals surface area contributed by atoms with E-state index in [1.54, 1.807) is 17.7 Å². The Morgan fingerprint density at radius 1 is 1.19 bits per heavy atom. The second-order valence-corrected chi connectivity index (χ2v) is 5.28. The minimum atomic E-state index is -0.560. The van der Waals surface area contributed by atoms with Crippen LogP contribution in [-0.2, 0) is 19.1 Å². The normalized spacial score (nSPS) is 11.0. The largest absolute Gasteiger partial charge is 0.478 e. The average Bonchev–Trinajstić information content (AvgIpc) is 3.09. The number of nitrogens with one attached hydrogen (secondary N) is 1. The van der Waals surface area contributed by atoms with Crippen LogP contribution < -0.4 is 10.1 Å². The highest BCUT2D eigenvalue weighted by atomic mass is 16.5. The Morgan fingerprint density at radius 3 is 2.56 bits per heavy atom. The van der Waals surface area contributed by atoms with Crippen molar-refractivity contribution in [3.8, 4) is 11.6 Å². The van der Waals surface area contributed by atoms with Crippen molar-refractivity contribution in [2.45, 2.75) is 13.8 Å². The zero-order valence-corrected chi connectivity index (χ0v) is 15.6. The molecule has 0 atom stereocenters. The Balaban J connectivity index is 2.40. The Morgan fingerprint density at radius 2 is 1.93 bits per heavy atom. The van der Waals surface area contributed by atoms with E-state index in [2.05, 4.69) is 15.2 Å². The number of methoxy groups -OCH3 is 1. The lowest BCUT2D eigenvalue weighted by Crippen LogP contribution is -2.21. The van der Waals surface area contributed by atoms with Crippen LogP contribution in [0.5, 0.6) is 5.88 Å². The lowest BCUT2D eigenvalue weighted by molar-refractivity contribution is -0.139. The fraction of sp³-hybridized carbons (Fsp3) is 0.316. The minimum absolute atomic E-state index is 0.0862. The Hall–Kier alpha value is -3.29. The van der Waals surface area contributed by atoms with Gasteiger partial charge in [0, 0.05) is 12.3 Å². The van der Waals surface area contributed by atoms with Gasteiger partial charge < -0.3 is 19.5 Å². The molecule has 0 amide bonds. The van der Waals surface area contributed by atoms with E-state index in [0.29, 0.717) is 18.2 Å². The summed E-state index contributed by atoms with van der Waals surface area (Å²) in [7, 11) is 1.29. The van der Waals surface area contributed by atoms with Crippen LogP contribution in [0.15, 0.2) is 42.6 Å². The summed E-state index contributed by atoms with van der Waals surface area (Å²) >= 11 is 0. The number of benzene rings is 1. The third-order valence-electron chi connectivity index (χ3n) is 3.46. The van der Waals surface area contributed by atoms with E-state index >= 15 is 0 Å². The maximum Gasteiger partial charge on any atom is 0.341 e. The molecule has 8 heteroatoms. The van der Waals surface area contributed by atoms with E-state index in [4.69, 9.17) is 9.47 Å². The number of nitrogens with zero attached hydrogens (tertiary/aromatic N) is 2. The zero-order valence-electron chi connectivity index (χ0n) is 15.6. The third-order valence-corrected chi connectivity index (χ3v) is 3.46. The maximum absolute atomic E-state index is 12.4. The first-order valence-electron chi connectivity index (χ1n) is 8.56. The molecule has 8 nitrogen and oxygen atoms in total. The second kappa shape index (κ2) is 10.0. The van der Waals surface area contributed by atoms with E-state index in [0.717, 1.165) is 5.69 Å². The van der Waals surface area contributed by atoms with Gasteiger partial charge in [0.15, 0.2) is 0 Å². The quantitative estimate of drug-likeness (QED) is 0.530. The highest BCUT2D eigenvalue weighted by molar-refractivity contribution is 6.15. The summed E-state index contributed by atoms with van der Waals surface area (Å²) in [6.45, 7) is 4.15. The van der Waals surface area contributed by atoms with Gasteiger partial charge in [-0.1, -0.05) is 18.2 Å². The first-order chi connectivity index (χ1) is 13.1. The number of ether oxygens (including phenoxy) is 3. The van der Waals surface area contributed by atoms with Gasteiger partial charge in [0.2, 0.25) is 5.88 Å². The summed E-state index contributed by atoms with van der Waals surface area (Å²) in [6.07, 6.45) is 1.39. The standard InChI is InChI=1S/C19H23N3O5/c1-4-26-17-11-16(21-22(17)14-9-7-6-8-10-14)15(19(24)27-5-2)12-20-13-18(23)25-3/h6-12,20H,4-5,13H2,1-3H3/b15-12+. The molecule has 0 aliphatic heterocycles. The van der Waals surface area contributed by atoms with Crippen LogP contribution in [0, 0.1) is 0 Å². The van der Waals surface area contributed by atoms with Crippen molar-refractivity contribution in [3.05, 3.63) is 48.3 Å². The Bertz CT molecular complexity index is 799. The molecular weight excluding hydrogens is 350 g/mol. The summed E-state index contributed by atoms with van der Waals surface area (Å²) in [6, 6.07) is 11.1. The molecule has 144 valence electrons. The van der Waals surface area contributed by atoms with Crippen molar-refractivity contribution in [3.63, 3.8) is 0 Å². The number of esters is 2. The van der Waals surface area contributed by atoms with Crippen molar-refractivity contribution in [2.24, 2.45) is 0 Å². The van der Waals surface area contributed by atoms with Crippen LogP contribution in [0.4, 0.5) is 0 Å². The summed E-state index contributed by atoms with van der Waals surface area (Å²) in [5.74, 6) is -0.531. The monoisotopic (exact) mass is 373 g/mol. The lowest BCUT2D eigenvalue weighted by Gasteiger charge is -2.07. The molecule has 1 aromatic carbocycles. The molecule has 0 saturated heterocycles. The Kier molecular flexibility index (Phi) is 7.42. The predicted octanol–water partition coefficient (Wildman–Crippen LogP) is 1.94. The van der Waals surface area contributed by atoms with Crippen molar-refractivity contribution in [2.75, 3.05) is 26.9 Å². The van der Waals surface area contributed by atoms with E-state index in [9.17, 15) is 9.59 Å². The van der Waals surface area contributed by atoms with Gasteiger partial charge in [-0.15, -0.1) is 0 Å². The number of para-hydroxylation sites is 1. The fourth-order valence-corrected chi connectivity index (χ4v) is 2.26. The summed E-state index contributed by atoms with van der Waals surface area (Å²) in [5, 5.41) is 7.23. The maximum atomic E-state index is 12.4. The predicted molar refractivity (Wildman–Crippen MR) is 99.4 cm³/mol. The number of aromatic nitrogens is 2. The highest BCUT2D eigenvalue weighted by Crippen LogP contribution is 2.24. The zero-order chi connectivity index (χ0) is 19.6. The van der Waals surface area contributed by atoms with Gasteiger partial charge in [-0.05, 0) is 26.0 Å². The summed E-state index contributed by atoms with van der Waals surface area (Å²) in [5.41, 5.74) is 1.33. The fourth-order valence-electron chi connectivity index (χ4n) is 2.26. The smallest absolute Gasteiger partial charge is 0.341 e. The molecule has 0 unspecified atom stereocenters. The number of carbonyl (C=O) groups is 2. The molecule has 0 fully saturated rings. The van der Waals surface area contributed by atoms with Crippen LogP contribution in [0.1, 0.15) is 19.5 Å². The molecule has 0 radical (unpaired) electrons. The van der Waals surface area contributed by atoms with Crippen molar-refractivity contribution in [1.82, 2.24) is 15.1 Å². The van der Waals surface area contributed by atoms with E-state index in [1.165, 1.54) is 13.3 Å². The molecule has 1 N–H and O–H groups in total. The molecule has 2 rings (SSSR count). The van der Waals surface area contributed by atoms with E-state index in [-0.39, 0.29) is 18.7 Å². The van der Waals surface area contributed by atoms with Gasteiger partial charge >= 0.3 is 11.9 Å². The van der Waals surface area contributed by atoms with Gasteiger partial charge in [0.1, 0.15) is 17.8 Å². The molecule has 1 heterocycles. The van der Waals surface area contributed by atoms with Gasteiger partial charge in [0.05, 0.1) is 26.0 Å². The molecule has 0 saturated carbocycles. The van der Waals surface area contributed by atoms with Crippen LogP contribution >= 0.6 is 0 Å². The van der Waals surface area contributed by atoms with E-state index in [1.807, 2.05) is 37.3 Å². The van der Waals surface area contributed by atoms with Gasteiger partial charge in [-0.2, -0.15) is 5.10 Å². The second-order valence-electron chi connectivity index (χ2n) is 5.28. The highest BCUT2D eigenvalue weighted by Gasteiger charge is 2.20. The van der Waals surface area contributed by atoms with Crippen molar-refractivity contribution in [1.29, 1.82) is 0 Å². The minimum Gasteiger partial charge on any atom is -0.478 e. The lowest BCUT2D eigenvalue weighted by atomic mass is 10.2. The molecule has 0 spiro atoms.